The Kier molecular flexibility index (Phi) is 9.27. The highest BCUT2D eigenvalue weighted by Crippen LogP contribution is 2.28. The number of rotatable bonds is 7. The van der Waals surface area contributed by atoms with Crippen molar-refractivity contribution >= 4 is 5.97 Å². The molecule has 0 amide bonds. The van der Waals surface area contributed by atoms with Gasteiger partial charge in [-0.3, -0.25) is 9.69 Å². The molecule has 0 heterocycles. The second-order valence-corrected chi connectivity index (χ2v) is 6.47. The lowest BCUT2D eigenvalue weighted by atomic mass is 9.79. The molecule has 0 aromatic heterocycles. The third kappa shape index (κ3) is 6.41. The van der Waals surface area contributed by atoms with E-state index in [2.05, 4.69) is 18.7 Å². The Balaban J connectivity index is 0.000000321. The molecule has 2 rings (SSSR count). The van der Waals surface area contributed by atoms with Crippen molar-refractivity contribution < 1.29 is 20.1 Å². The molecule has 0 radical (unpaired) electrons. The van der Waals surface area contributed by atoms with Crippen LogP contribution in [-0.4, -0.2) is 57.5 Å². The van der Waals surface area contributed by atoms with E-state index < -0.39 is 17.5 Å². The van der Waals surface area contributed by atoms with E-state index in [9.17, 15) is 9.90 Å². The van der Waals surface area contributed by atoms with Crippen molar-refractivity contribution in [3.05, 3.63) is 60.2 Å². The Morgan fingerprint density at radius 1 is 1.19 bits per heavy atom. The van der Waals surface area contributed by atoms with E-state index in [4.69, 9.17) is 10.2 Å². The summed E-state index contributed by atoms with van der Waals surface area (Å²) in [6, 6.07) is 9.71. The molecule has 1 aliphatic carbocycles. The number of carboxylic acids is 1. The van der Waals surface area contributed by atoms with Gasteiger partial charge in [-0.2, -0.15) is 0 Å². The SMILES string of the molecule is CCN(CC)C(C)CO.O=C(O)C1C=CC=CC1(O)Cc1ccccc1. The standard InChI is InChI=1S/C14H14O3.C7H17NO/c15-13(16)12-8-4-5-9-14(12,17)10-11-6-2-1-3-7-11;1-4-8(5-2)7(3)6-9/h1-9,12,17H,10H2,(H,15,16);7,9H,4-6H2,1-3H3. The summed E-state index contributed by atoms with van der Waals surface area (Å²) in [6.45, 7) is 8.57. The van der Waals surface area contributed by atoms with Crippen molar-refractivity contribution in [3.63, 3.8) is 0 Å². The minimum Gasteiger partial charge on any atom is -0.481 e. The summed E-state index contributed by atoms with van der Waals surface area (Å²) in [6.07, 6.45) is 6.70. The second kappa shape index (κ2) is 10.9. The fraction of sp³-hybridized carbons (Fsp3) is 0.476. The predicted molar refractivity (Wildman–Crippen MR) is 104 cm³/mol. The lowest BCUT2D eigenvalue weighted by molar-refractivity contribution is -0.146. The Morgan fingerprint density at radius 2 is 1.81 bits per heavy atom. The van der Waals surface area contributed by atoms with E-state index in [0.29, 0.717) is 12.5 Å². The maximum atomic E-state index is 11.1. The zero-order valence-corrected chi connectivity index (χ0v) is 15.9. The topological polar surface area (TPSA) is 81.0 Å². The number of carbonyl (C=O) groups is 1. The minimum atomic E-state index is -1.35. The number of hydrogen-bond acceptors (Lipinski definition) is 4. The summed E-state index contributed by atoms with van der Waals surface area (Å²) in [5.41, 5.74) is -0.428. The summed E-state index contributed by atoms with van der Waals surface area (Å²) in [5, 5.41) is 28.3. The van der Waals surface area contributed by atoms with Crippen LogP contribution in [0.3, 0.4) is 0 Å². The molecule has 1 aliphatic rings. The highest BCUT2D eigenvalue weighted by Gasteiger charge is 2.38. The fourth-order valence-electron chi connectivity index (χ4n) is 3.02. The summed E-state index contributed by atoms with van der Waals surface area (Å²) in [5.74, 6) is -1.91. The van der Waals surface area contributed by atoms with Gasteiger partial charge in [-0.15, -0.1) is 0 Å². The van der Waals surface area contributed by atoms with Gasteiger partial charge in [0.2, 0.25) is 0 Å². The van der Waals surface area contributed by atoms with Crippen molar-refractivity contribution in [2.24, 2.45) is 5.92 Å². The number of allylic oxidation sites excluding steroid dienone is 2. The van der Waals surface area contributed by atoms with E-state index in [1.807, 2.05) is 37.3 Å². The number of nitrogens with zero attached hydrogens (tertiary/aromatic N) is 1. The van der Waals surface area contributed by atoms with Gasteiger partial charge in [-0.25, -0.2) is 0 Å². The summed E-state index contributed by atoms with van der Waals surface area (Å²) >= 11 is 0. The third-order valence-corrected chi connectivity index (χ3v) is 4.63. The van der Waals surface area contributed by atoms with Crippen LogP contribution in [0.1, 0.15) is 26.3 Å². The van der Waals surface area contributed by atoms with Gasteiger partial charge in [0.05, 0.1) is 6.61 Å². The second-order valence-electron chi connectivity index (χ2n) is 6.47. The van der Waals surface area contributed by atoms with Gasteiger partial charge in [0.15, 0.2) is 0 Å². The number of benzene rings is 1. The number of carboxylic acid groups (broad SMARTS) is 1. The van der Waals surface area contributed by atoms with E-state index >= 15 is 0 Å². The smallest absolute Gasteiger partial charge is 0.313 e. The highest BCUT2D eigenvalue weighted by molar-refractivity contribution is 5.75. The van der Waals surface area contributed by atoms with Gasteiger partial charge in [-0.1, -0.05) is 68.5 Å². The van der Waals surface area contributed by atoms with Gasteiger partial charge in [0.1, 0.15) is 11.5 Å². The Morgan fingerprint density at radius 3 is 2.27 bits per heavy atom. The predicted octanol–water partition coefficient (Wildman–Crippen LogP) is 2.50. The van der Waals surface area contributed by atoms with Crippen LogP contribution in [0, 0.1) is 5.92 Å². The van der Waals surface area contributed by atoms with Crippen LogP contribution in [0.25, 0.3) is 0 Å². The number of aliphatic carboxylic acids is 1. The molecular weight excluding hydrogens is 330 g/mol. The molecule has 0 saturated heterocycles. The van der Waals surface area contributed by atoms with Crippen molar-refractivity contribution in [1.82, 2.24) is 4.90 Å². The van der Waals surface area contributed by atoms with Crippen molar-refractivity contribution in [3.8, 4) is 0 Å². The van der Waals surface area contributed by atoms with Crippen molar-refractivity contribution in [1.29, 1.82) is 0 Å². The maximum absolute atomic E-state index is 11.1. The van der Waals surface area contributed by atoms with E-state index in [1.54, 1.807) is 18.2 Å². The van der Waals surface area contributed by atoms with Crippen LogP contribution < -0.4 is 0 Å². The first-order chi connectivity index (χ1) is 12.4. The lowest BCUT2D eigenvalue weighted by Gasteiger charge is -2.31. The lowest BCUT2D eigenvalue weighted by Crippen LogP contribution is -2.42. The molecule has 26 heavy (non-hydrogen) atoms. The van der Waals surface area contributed by atoms with Crippen LogP contribution in [-0.2, 0) is 11.2 Å². The molecule has 1 aromatic rings. The molecule has 3 N–H and O–H groups in total. The zero-order chi connectivity index (χ0) is 19.6. The van der Waals surface area contributed by atoms with E-state index in [-0.39, 0.29) is 6.61 Å². The molecule has 3 atom stereocenters. The molecule has 0 saturated carbocycles. The maximum Gasteiger partial charge on any atom is 0.313 e. The zero-order valence-electron chi connectivity index (χ0n) is 15.9. The monoisotopic (exact) mass is 361 g/mol. The first-order valence-corrected chi connectivity index (χ1v) is 9.08. The molecular formula is C21H31NO4. The Labute approximate surface area is 156 Å². The number of likely N-dealkylation sites (N-methyl/N-ethyl adjacent to an activating group) is 1. The van der Waals surface area contributed by atoms with E-state index in [0.717, 1.165) is 18.7 Å². The van der Waals surface area contributed by atoms with Gasteiger partial charge in [0, 0.05) is 12.5 Å². The number of hydrogen-bond donors (Lipinski definition) is 3. The van der Waals surface area contributed by atoms with E-state index in [1.165, 1.54) is 6.08 Å². The number of aliphatic hydroxyl groups excluding tert-OH is 1. The largest absolute Gasteiger partial charge is 0.481 e. The van der Waals surface area contributed by atoms with Crippen LogP contribution in [0.2, 0.25) is 0 Å². The van der Waals surface area contributed by atoms with Crippen LogP contribution in [0.4, 0.5) is 0 Å². The first kappa shape index (κ1) is 22.1. The van der Waals surface area contributed by atoms with Crippen LogP contribution >= 0.6 is 0 Å². The fourth-order valence-corrected chi connectivity index (χ4v) is 3.02. The summed E-state index contributed by atoms with van der Waals surface area (Å²) < 4.78 is 0. The summed E-state index contributed by atoms with van der Waals surface area (Å²) in [4.78, 5) is 13.3. The van der Waals surface area contributed by atoms with Crippen LogP contribution in [0.5, 0.6) is 0 Å². The average molecular weight is 361 g/mol. The molecule has 3 unspecified atom stereocenters. The Bertz CT molecular complexity index is 595. The normalized spacial score (nSPS) is 22.6. The molecule has 0 fully saturated rings. The summed E-state index contributed by atoms with van der Waals surface area (Å²) in [7, 11) is 0. The van der Waals surface area contributed by atoms with Crippen LogP contribution in [0.15, 0.2) is 54.6 Å². The molecule has 0 spiro atoms. The van der Waals surface area contributed by atoms with Crippen molar-refractivity contribution in [2.45, 2.75) is 38.8 Å². The highest BCUT2D eigenvalue weighted by atomic mass is 16.4. The third-order valence-electron chi connectivity index (χ3n) is 4.63. The minimum absolute atomic E-state index is 0.266. The Hall–Kier alpha value is -1.95. The van der Waals surface area contributed by atoms with Gasteiger partial charge in [0.25, 0.3) is 0 Å². The molecule has 5 heteroatoms. The van der Waals surface area contributed by atoms with Gasteiger partial charge in [-0.05, 0) is 25.6 Å². The first-order valence-electron chi connectivity index (χ1n) is 9.08. The quantitative estimate of drug-likeness (QED) is 0.695. The molecule has 5 nitrogen and oxygen atoms in total. The van der Waals surface area contributed by atoms with Gasteiger partial charge >= 0.3 is 5.97 Å². The molecule has 0 aliphatic heterocycles. The molecule has 144 valence electrons. The molecule has 0 bridgehead atoms. The van der Waals surface area contributed by atoms with Crippen molar-refractivity contribution in [2.75, 3.05) is 19.7 Å². The average Bonchev–Trinajstić information content (AvgIpc) is 2.63. The van der Waals surface area contributed by atoms with Gasteiger partial charge < -0.3 is 15.3 Å². The molecule has 1 aromatic carbocycles. The number of aliphatic hydroxyl groups is 2.